The molecule has 0 unspecified atom stereocenters. The second-order valence-electron chi connectivity index (χ2n) is 5.06. The predicted molar refractivity (Wildman–Crippen MR) is 79.6 cm³/mol. The normalized spacial score (nSPS) is 10.4. The number of anilines is 1. The van der Waals surface area contributed by atoms with Gasteiger partial charge < -0.3 is 5.73 Å². The fraction of sp³-hybridized carbons (Fsp3) is 0.235. The molecule has 0 radical (unpaired) electrons. The van der Waals surface area contributed by atoms with Crippen molar-refractivity contribution in [2.24, 2.45) is 0 Å². The lowest BCUT2D eigenvalue weighted by atomic mass is 9.99. The highest BCUT2D eigenvalue weighted by molar-refractivity contribution is 5.75. The van der Waals surface area contributed by atoms with Crippen LogP contribution in [-0.4, -0.2) is 6.29 Å². The summed E-state index contributed by atoms with van der Waals surface area (Å²) in [5, 5.41) is 0. The van der Waals surface area contributed by atoms with Crippen molar-refractivity contribution in [3.63, 3.8) is 0 Å². The standard InChI is InChI=1S/C17H19NO/c1-12-7-15(10-16(8-12)11-19)4-3-14-5-6-17(18)13(2)9-14/h5-11H,3-4,18H2,1-2H3. The number of hydrogen-bond donors (Lipinski definition) is 1. The Bertz CT molecular complexity index is 602. The quantitative estimate of drug-likeness (QED) is 0.669. The van der Waals surface area contributed by atoms with Gasteiger partial charge in [0.1, 0.15) is 6.29 Å². The first-order valence-corrected chi connectivity index (χ1v) is 6.49. The van der Waals surface area contributed by atoms with E-state index in [0.29, 0.717) is 0 Å². The highest BCUT2D eigenvalue weighted by atomic mass is 16.1. The molecule has 2 rings (SSSR count). The molecule has 0 aliphatic carbocycles. The molecule has 2 nitrogen and oxygen atoms in total. The lowest BCUT2D eigenvalue weighted by Crippen LogP contribution is -1.96. The minimum Gasteiger partial charge on any atom is -0.399 e. The van der Waals surface area contributed by atoms with Crippen LogP contribution in [0.25, 0.3) is 0 Å². The molecular formula is C17H19NO. The summed E-state index contributed by atoms with van der Waals surface area (Å²) in [4.78, 5) is 10.9. The van der Waals surface area contributed by atoms with Crippen LogP contribution in [0.3, 0.4) is 0 Å². The van der Waals surface area contributed by atoms with E-state index in [0.717, 1.165) is 41.5 Å². The largest absolute Gasteiger partial charge is 0.399 e. The fourth-order valence-electron chi connectivity index (χ4n) is 2.29. The predicted octanol–water partition coefficient (Wildman–Crippen LogP) is 3.48. The number of aryl methyl sites for hydroxylation is 4. The van der Waals surface area contributed by atoms with Crippen molar-refractivity contribution in [1.29, 1.82) is 0 Å². The smallest absolute Gasteiger partial charge is 0.150 e. The van der Waals surface area contributed by atoms with Crippen LogP contribution in [0.1, 0.15) is 32.6 Å². The van der Waals surface area contributed by atoms with Gasteiger partial charge in [0.05, 0.1) is 0 Å². The first-order chi connectivity index (χ1) is 9.08. The van der Waals surface area contributed by atoms with Crippen LogP contribution < -0.4 is 5.73 Å². The number of carbonyl (C=O) groups is 1. The second kappa shape index (κ2) is 5.70. The molecule has 0 saturated carbocycles. The zero-order valence-corrected chi connectivity index (χ0v) is 11.4. The highest BCUT2D eigenvalue weighted by Gasteiger charge is 2.01. The van der Waals surface area contributed by atoms with E-state index < -0.39 is 0 Å². The molecule has 0 bridgehead atoms. The van der Waals surface area contributed by atoms with Crippen molar-refractivity contribution < 1.29 is 4.79 Å². The molecule has 0 aromatic heterocycles. The zero-order chi connectivity index (χ0) is 13.8. The third kappa shape index (κ3) is 3.44. The monoisotopic (exact) mass is 253 g/mol. The fourth-order valence-corrected chi connectivity index (χ4v) is 2.29. The number of carbonyl (C=O) groups excluding carboxylic acids is 1. The molecule has 0 saturated heterocycles. The van der Waals surface area contributed by atoms with Crippen molar-refractivity contribution in [2.75, 3.05) is 5.73 Å². The number of hydrogen-bond acceptors (Lipinski definition) is 2. The van der Waals surface area contributed by atoms with Gasteiger partial charge in [0.25, 0.3) is 0 Å². The van der Waals surface area contributed by atoms with Gasteiger partial charge in [0.15, 0.2) is 0 Å². The molecule has 2 aromatic rings. The number of aldehydes is 1. The number of rotatable bonds is 4. The van der Waals surface area contributed by atoms with Crippen LogP contribution in [-0.2, 0) is 12.8 Å². The van der Waals surface area contributed by atoms with Gasteiger partial charge in [-0.2, -0.15) is 0 Å². The molecule has 0 spiro atoms. The molecule has 19 heavy (non-hydrogen) atoms. The Morgan fingerprint density at radius 1 is 1.00 bits per heavy atom. The summed E-state index contributed by atoms with van der Waals surface area (Å²) in [6, 6.07) is 12.2. The summed E-state index contributed by atoms with van der Waals surface area (Å²) in [7, 11) is 0. The molecule has 0 aliphatic heterocycles. The summed E-state index contributed by atoms with van der Waals surface area (Å²) in [5.41, 5.74) is 12.1. The lowest BCUT2D eigenvalue weighted by Gasteiger charge is -2.07. The molecule has 2 aromatic carbocycles. The van der Waals surface area contributed by atoms with Crippen LogP contribution in [0.15, 0.2) is 36.4 Å². The van der Waals surface area contributed by atoms with E-state index in [9.17, 15) is 4.79 Å². The lowest BCUT2D eigenvalue weighted by molar-refractivity contribution is 0.112. The maximum atomic E-state index is 10.9. The van der Waals surface area contributed by atoms with E-state index in [4.69, 9.17) is 5.73 Å². The van der Waals surface area contributed by atoms with Gasteiger partial charge in [-0.1, -0.05) is 23.8 Å². The van der Waals surface area contributed by atoms with Crippen LogP contribution in [0.2, 0.25) is 0 Å². The Morgan fingerprint density at radius 2 is 1.74 bits per heavy atom. The molecule has 0 heterocycles. The van der Waals surface area contributed by atoms with Gasteiger partial charge in [-0.05, 0) is 61.6 Å². The summed E-state index contributed by atoms with van der Waals surface area (Å²) in [6.45, 7) is 4.04. The molecule has 0 aliphatic rings. The zero-order valence-electron chi connectivity index (χ0n) is 11.4. The van der Waals surface area contributed by atoms with Gasteiger partial charge >= 0.3 is 0 Å². The summed E-state index contributed by atoms with van der Waals surface area (Å²) < 4.78 is 0. The number of nitrogens with two attached hydrogens (primary N) is 1. The Labute approximate surface area is 114 Å². The van der Waals surface area contributed by atoms with Crippen LogP contribution in [0, 0.1) is 13.8 Å². The van der Waals surface area contributed by atoms with Gasteiger partial charge in [0.2, 0.25) is 0 Å². The third-order valence-electron chi connectivity index (χ3n) is 3.33. The average Bonchev–Trinajstić information content (AvgIpc) is 2.39. The van der Waals surface area contributed by atoms with Crippen molar-refractivity contribution in [3.8, 4) is 0 Å². The van der Waals surface area contributed by atoms with E-state index in [2.05, 4.69) is 18.2 Å². The van der Waals surface area contributed by atoms with Crippen LogP contribution >= 0.6 is 0 Å². The molecule has 2 N–H and O–H groups in total. The van der Waals surface area contributed by atoms with Crippen molar-refractivity contribution in [3.05, 3.63) is 64.2 Å². The van der Waals surface area contributed by atoms with Crippen molar-refractivity contribution in [2.45, 2.75) is 26.7 Å². The maximum absolute atomic E-state index is 10.9. The van der Waals surface area contributed by atoms with Gasteiger partial charge in [0, 0.05) is 11.3 Å². The third-order valence-corrected chi connectivity index (χ3v) is 3.33. The Kier molecular flexibility index (Phi) is 4.00. The minimum atomic E-state index is 0.753. The topological polar surface area (TPSA) is 43.1 Å². The highest BCUT2D eigenvalue weighted by Crippen LogP contribution is 2.16. The Hall–Kier alpha value is -2.09. The first kappa shape index (κ1) is 13.3. The van der Waals surface area contributed by atoms with E-state index >= 15 is 0 Å². The summed E-state index contributed by atoms with van der Waals surface area (Å²) in [6.07, 6.45) is 2.80. The van der Waals surface area contributed by atoms with Crippen LogP contribution in [0.4, 0.5) is 5.69 Å². The second-order valence-corrected chi connectivity index (χ2v) is 5.06. The van der Waals surface area contributed by atoms with Crippen LogP contribution in [0.5, 0.6) is 0 Å². The molecule has 0 fully saturated rings. The first-order valence-electron chi connectivity index (χ1n) is 6.49. The minimum absolute atomic E-state index is 0.753. The van der Waals surface area contributed by atoms with Crippen molar-refractivity contribution >= 4 is 12.0 Å². The Balaban J connectivity index is 2.11. The van der Waals surface area contributed by atoms with Gasteiger partial charge in [-0.15, -0.1) is 0 Å². The molecule has 98 valence electrons. The van der Waals surface area contributed by atoms with Crippen molar-refractivity contribution in [1.82, 2.24) is 0 Å². The van der Waals surface area contributed by atoms with Gasteiger partial charge in [-0.3, -0.25) is 4.79 Å². The molecule has 0 atom stereocenters. The van der Waals surface area contributed by atoms with E-state index in [1.54, 1.807) is 0 Å². The van der Waals surface area contributed by atoms with E-state index in [1.165, 1.54) is 11.1 Å². The maximum Gasteiger partial charge on any atom is 0.150 e. The number of nitrogen functional groups attached to an aromatic ring is 1. The summed E-state index contributed by atoms with van der Waals surface area (Å²) in [5.74, 6) is 0. The van der Waals surface area contributed by atoms with E-state index in [-0.39, 0.29) is 0 Å². The SMILES string of the molecule is Cc1cc(C=O)cc(CCc2ccc(N)c(C)c2)c1. The molecule has 0 amide bonds. The van der Waals surface area contributed by atoms with Gasteiger partial charge in [-0.25, -0.2) is 0 Å². The van der Waals surface area contributed by atoms with E-state index in [1.807, 2.05) is 32.0 Å². The molecule has 2 heteroatoms. The molecular weight excluding hydrogens is 234 g/mol. The average molecular weight is 253 g/mol. The Morgan fingerprint density at radius 3 is 2.42 bits per heavy atom. The summed E-state index contributed by atoms with van der Waals surface area (Å²) >= 11 is 0. The number of benzene rings is 2.